The number of halogens is 5. The van der Waals surface area contributed by atoms with Gasteiger partial charge in [0.05, 0.1) is 10.9 Å². The van der Waals surface area contributed by atoms with E-state index in [2.05, 4.69) is 15.9 Å². The Morgan fingerprint density at radius 3 is 2.31 bits per heavy atom. The lowest BCUT2D eigenvalue weighted by molar-refractivity contribution is -0.127. The molecule has 72 valence electrons. The van der Waals surface area contributed by atoms with Crippen LogP contribution in [0.25, 0.3) is 0 Å². The highest BCUT2D eigenvalue weighted by molar-refractivity contribution is 9.10. The van der Waals surface area contributed by atoms with Gasteiger partial charge in [-0.1, -0.05) is 6.07 Å². The van der Waals surface area contributed by atoms with Crippen LogP contribution >= 0.6 is 15.9 Å². The molecule has 13 heavy (non-hydrogen) atoms. The van der Waals surface area contributed by atoms with E-state index >= 15 is 0 Å². The van der Waals surface area contributed by atoms with Gasteiger partial charge in [-0.25, -0.2) is 4.39 Å². The third-order valence-electron chi connectivity index (χ3n) is 1.39. The summed E-state index contributed by atoms with van der Waals surface area (Å²) >= 11 is 2.85. The van der Waals surface area contributed by atoms with Crippen LogP contribution in [0.4, 0.5) is 17.6 Å². The van der Waals surface area contributed by atoms with Crippen molar-refractivity contribution in [3.63, 3.8) is 0 Å². The predicted octanol–water partition coefficient (Wildman–Crippen LogP) is 3.69. The summed E-state index contributed by atoms with van der Waals surface area (Å²) in [4.78, 5) is 0. The van der Waals surface area contributed by atoms with Crippen LogP contribution < -0.4 is 0 Å². The summed E-state index contributed by atoms with van der Waals surface area (Å²) in [6.45, 7) is 0. The Hall–Kier alpha value is -0.580. The molecule has 0 saturated carbocycles. The van der Waals surface area contributed by atoms with E-state index in [9.17, 15) is 17.6 Å². The number of rotatable bonds is 1. The lowest BCUT2D eigenvalue weighted by Gasteiger charge is -2.06. The quantitative estimate of drug-likeness (QED) is 0.673. The van der Waals surface area contributed by atoms with Crippen molar-refractivity contribution in [1.82, 2.24) is 0 Å². The first-order valence-corrected chi connectivity index (χ1v) is 4.18. The van der Waals surface area contributed by atoms with Gasteiger partial charge in [-0.15, -0.1) is 0 Å². The van der Waals surface area contributed by atoms with Crippen molar-refractivity contribution in [1.29, 1.82) is 0 Å². The zero-order valence-electron chi connectivity index (χ0n) is 6.33. The van der Waals surface area contributed by atoms with Crippen LogP contribution in [0.15, 0.2) is 22.7 Å². The van der Waals surface area contributed by atoms with Gasteiger partial charge >= 0.3 is 6.18 Å². The molecule has 0 unspecified atom stereocenters. The van der Waals surface area contributed by atoms with Gasteiger partial charge in [0.25, 0.3) is 0 Å². The molecule has 0 atom stereocenters. The molecule has 0 bridgehead atoms. The van der Waals surface area contributed by atoms with Gasteiger partial charge < -0.3 is 0 Å². The SMILES string of the molecule is Fc1cc(CC(F)(F)F)ccc1Br. The summed E-state index contributed by atoms with van der Waals surface area (Å²) in [5.41, 5.74) is -0.0757. The van der Waals surface area contributed by atoms with Crippen LogP contribution in [-0.4, -0.2) is 6.18 Å². The van der Waals surface area contributed by atoms with Crippen LogP contribution in [0.5, 0.6) is 0 Å². The van der Waals surface area contributed by atoms with Crippen molar-refractivity contribution >= 4 is 15.9 Å². The molecule has 0 aliphatic rings. The fraction of sp³-hybridized carbons (Fsp3) is 0.250. The van der Waals surface area contributed by atoms with E-state index in [0.717, 1.165) is 6.07 Å². The Labute approximate surface area is 80.7 Å². The van der Waals surface area contributed by atoms with Crippen molar-refractivity contribution in [3.05, 3.63) is 34.1 Å². The van der Waals surface area contributed by atoms with E-state index < -0.39 is 18.4 Å². The molecule has 0 N–H and O–H groups in total. The summed E-state index contributed by atoms with van der Waals surface area (Å²) < 4.78 is 48.4. The van der Waals surface area contributed by atoms with Crippen LogP contribution in [0.1, 0.15) is 5.56 Å². The van der Waals surface area contributed by atoms with Gasteiger partial charge in [-0.2, -0.15) is 13.2 Å². The highest BCUT2D eigenvalue weighted by atomic mass is 79.9. The van der Waals surface area contributed by atoms with E-state index in [-0.39, 0.29) is 10.0 Å². The lowest BCUT2D eigenvalue weighted by atomic mass is 10.1. The van der Waals surface area contributed by atoms with E-state index in [0.29, 0.717) is 0 Å². The zero-order valence-corrected chi connectivity index (χ0v) is 7.91. The normalized spacial score (nSPS) is 11.8. The van der Waals surface area contributed by atoms with Crippen LogP contribution in [0.2, 0.25) is 0 Å². The fourth-order valence-electron chi connectivity index (χ4n) is 0.881. The largest absolute Gasteiger partial charge is 0.393 e. The third-order valence-corrected chi connectivity index (χ3v) is 2.03. The number of alkyl halides is 3. The second kappa shape index (κ2) is 3.65. The highest BCUT2D eigenvalue weighted by Crippen LogP contribution is 2.23. The minimum atomic E-state index is -4.29. The summed E-state index contributed by atoms with van der Waals surface area (Å²) in [5.74, 6) is -0.679. The second-order valence-corrected chi connectivity index (χ2v) is 3.39. The molecule has 0 heterocycles. The third kappa shape index (κ3) is 3.34. The van der Waals surface area contributed by atoms with Gasteiger partial charge in [0.2, 0.25) is 0 Å². The molecular formula is C8H5BrF4. The molecule has 0 amide bonds. The summed E-state index contributed by atoms with van der Waals surface area (Å²) in [6.07, 6.45) is -5.39. The van der Waals surface area contributed by atoms with Crippen LogP contribution in [0.3, 0.4) is 0 Å². The first-order valence-electron chi connectivity index (χ1n) is 3.39. The lowest BCUT2D eigenvalue weighted by Crippen LogP contribution is -2.11. The molecule has 1 aromatic rings. The summed E-state index contributed by atoms with van der Waals surface area (Å²) in [5, 5.41) is 0. The monoisotopic (exact) mass is 256 g/mol. The van der Waals surface area contributed by atoms with Crippen LogP contribution in [0, 0.1) is 5.82 Å². The topological polar surface area (TPSA) is 0 Å². The smallest absolute Gasteiger partial charge is 0.206 e. The van der Waals surface area contributed by atoms with Crippen molar-refractivity contribution in [2.75, 3.05) is 0 Å². The molecule has 0 aliphatic carbocycles. The fourth-order valence-corrected chi connectivity index (χ4v) is 1.13. The zero-order chi connectivity index (χ0) is 10.1. The Morgan fingerprint density at radius 2 is 1.85 bits per heavy atom. The maximum Gasteiger partial charge on any atom is 0.393 e. The van der Waals surface area contributed by atoms with Gasteiger partial charge in [-0.05, 0) is 33.6 Å². The average Bonchev–Trinajstić information content (AvgIpc) is 1.94. The molecule has 0 radical (unpaired) electrons. The van der Waals surface area contributed by atoms with Crippen molar-refractivity contribution in [2.45, 2.75) is 12.6 Å². The highest BCUT2D eigenvalue weighted by Gasteiger charge is 2.27. The van der Waals surface area contributed by atoms with E-state index in [4.69, 9.17) is 0 Å². The maximum absolute atomic E-state index is 12.7. The molecule has 1 rings (SSSR count). The van der Waals surface area contributed by atoms with Crippen molar-refractivity contribution in [2.24, 2.45) is 0 Å². The Kier molecular flexibility index (Phi) is 2.95. The first kappa shape index (κ1) is 10.5. The van der Waals surface area contributed by atoms with Crippen LogP contribution in [-0.2, 0) is 6.42 Å². The van der Waals surface area contributed by atoms with E-state index in [1.807, 2.05) is 0 Å². The minimum absolute atomic E-state index is 0.0757. The van der Waals surface area contributed by atoms with E-state index in [1.165, 1.54) is 12.1 Å². The molecule has 0 aromatic heterocycles. The molecule has 0 nitrogen and oxygen atoms in total. The van der Waals surface area contributed by atoms with Gasteiger partial charge in [0, 0.05) is 0 Å². The Balaban J connectivity index is 2.86. The van der Waals surface area contributed by atoms with E-state index in [1.54, 1.807) is 0 Å². The number of benzene rings is 1. The van der Waals surface area contributed by atoms with Gasteiger partial charge in [0.15, 0.2) is 0 Å². The van der Waals surface area contributed by atoms with Crippen molar-refractivity contribution in [3.8, 4) is 0 Å². The standard InChI is InChI=1S/C8H5BrF4/c9-6-2-1-5(3-7(6)10)4-8(11,12)13/h1-3H,4H2. The molecule has 0 fully saturated rings. The first-order chi connectivity index (χ1) is 5.88. The Bertz CT molecular complexity index is 306. The Morgan fingerprint density at radius 1 is 1.23 bits per heavy atom. The average molecular weight is 257 g/mol. The minimum Gasteiger partial charge on any atom is -0.206 e. The molecule has 0 saturated heterocycles. The molecular weight excluding hydrogens is 252 g/mol. The molecule has 0 aliphatic heterocycles. The number of hydrogen-bond donors (Lipinski definition) is 0. The van der Waals surface area contributed by atoms with Gasteiger partial charge in [0.1, 0.15) is 5.82 Å². The molecule has 0 spiro atoms. The summed E-state index contributed by atoms with van der Waals surface area (Å²) in [6, 6.07) is 3.37. The number of hydrogen-bond acceptors (Lipinski definition) is 0. The summed E-state index contributed by atoms with van der Waals surface area (Å²) in [7, 11) is 0. The molecule has 5 heteroatoms. The molecule has 1 aromatic carbocycles. The maximum atomic E-state index is 12.7. The predicted molar refractivity (Wildman–Crippen MR) is 43.9 cm³/mol. The second-order valence-electron chi connectivity index (χ2n) is 2.54. The van der Waals surface area contributed by atoms with Crippen molar-refractivity contribution < 1.29 is 17.6 Å². The van der Waals surface area contributed by atoms with Gasteiger partial charge in [-0.3, -0.25) is 0 Å².